The van der Waals surface area contributed by atoms with Crippen LogP contribution < -0.4 is 38.0 Å². The lowest BCUT2D eigenvalue weighted by Crippen LogP contribution is -2.52. The van der Waals surface area contributed by atoms with Gasteiger partial charge in [-0.1, -0.05) is 88.4 Å². The van der Waals surface area contributed by atoms with Gasteiger partial charge >= 0.3 is 53.2 Å². The van der Waals surface area contributed by atoms with Crippen LogP contribution in [0.25, 0.3) is 11.1 Å². The second kappa shape index (κ2) is 32.1. The number of carboxylic acids is 3. The zero-order valence-corrected chi connectivity index (χ0v) is 48.6. The molecule has 2 heterocycles. The van der Waals surface area contributed by atoms with Crippen LogP contribution in [0.2, 0.25) is 0 Å². The Kier molecular flexibility index (Phi) is 26.1. The highest BCUT2D eigenvalue weighted by molar-refractivity contribution is 8.76. The van der Waals surface area contributed by atoms with Crippen molar-refractivity contribution in [1.29, 1.82) is 0 Å². The Labute approximate surface area is 489 Å². The van der Waals surface area contributed by atoms with Gasteiger partial charge in [0.2, 0.25) is 23.6 Å². The summed E-state index contributed by atoms with van der Waals surface area (Å²) in [4.78, 5) is 152. The van der Waals surface area contributed by atoms with E-state index in [1.54, 1.807) is 0 Å². The molecule has 1 aliphatic carbocycles. The van der Waals surface area contributed by atoms with Gasteiger partial charge in [0.05, 0.1) is 37.7 Å². The van der Waals surface area contributed by atoms with Crippen molar-refractivity contribution in [2.24, 2.45) is 0 Å². The molecule has 33 nitrogen and oxygen atoms in total. The predicted molar refractivity (Wildman–Crippen MR) is 296 cm³/mol. The van der Waals surface area contributed by atoms with Gasteiger partial charge in [0.15, 0.2) is 0 Å². The lowest BCUT2D eigenvalue weighted by molar-refractivity contribution is -0.148. The van der Waals surface area contributed by atoms with Crippen LogP contribution in [-0.4, -0.2) is 165 Å². The summed E-state index contributed by atoms with van der Waals surface area (Å²) in [5.74, 6) is -2.78. The van der Waals surface area contributed by atoms with Crippen molar-refractivity contribution in [3.05, 3.63) is 81.9 Å². The van der Waals surface area contributed by atoms with Crippen molar-refractivity contribution in [3.63, 3.8) is 0 Å². The average Bonchev–Trinajstić information content (AvgIpc) is 2.10. The number of nitrogens with zero attached hydrogens (tertiary/aromatic N) is 2. The quantitative estimate of drug-likeness (QED) is 0.0172. The minimum atomic E-state index is -5.82. The van der Waals surface area contributed by atoms with Crippen LogP contribution >= 0.6 is 45.1 Å². The summed E-state index contributed by atoms with van der Waals surface area (Å²) in [6, 6.07) is 10.7. The summed E-state index contributed by atoms with van der Waals surface area (Å²) in [6.07, 6.45) is -5.60. The number of nitrogen functional groups attached to an aromatic ring is 1. The Morgan fingerprint density at radius 2 is 1.41 bits per heavy atom. The van der Waals surface area contributed by atoms with E-state index in [9.17, 15) is 82.0 Å². The number of unbranched alkanes of at least 4 members (excludes halogenated alkanes) is 2. The fraction of sp³-hybridized carbons (Fsp3) is 0.447. The van der Waals surface area contributed by atoms with Crippen LogP contribution in [0, 0.1) is 11.8 Å². The van der Waals surface area contributed by atoms with E-state index in [0.29, 0.717) is 12.8 Å². The minimum absolute atomic E-state index is 0.00765. The molecule has 2 aromatic carbocycles. The fourth-order valence-electron chi connectivity index (χ4n) is 8.16. The number of benzene rings is 2. The van der Waals surface area contributed by atoms with Crippen LogP contribution in [0.1, 0.15) is 80.2 Å². The normalized spacial score (nSPS) is 17.8. The summed E-state index contributed by atoms with van der Waals surface area (Å²) in [7, 11) is -14.7. The van der Waals surface area contributed by atoms with Gasteiger partial charge in [-0.05, 0) is 35.1 Å². The smallest absolute Gasteiger partial charge is 0.481 e. The third-order valence-corrected chi connectivity index (χ3v) is 18.2. The lowest BCUT2D eigenvalue weighted by atomic mass is 9.98. The van der Waals surface area contributed by atoms with Gasteiger partial charge in [-0.25, -0.2) is 28.1 Å². The zero-order chi connectivity index (χ0) is 62.6. The lowest BCUT2D eigenvalue weighted by Gasteiger charge is -2.20. The monoisotopic (exact) mass is 1290 g/mol. The number of nitrogens with two attached hydrogens (primary N) is 1. The molecule has 15 N–H and O–H groups in total. The van der Waals surface area contributed by atoms with Gasteiger partial charge in [-0.3, -0.25) is 37.9 Å². The van der Waals surface area contributed by atoms with Crippen LogP contribution in [0.4, 0.5) is 10.6 Å². The number of carbonyl (C=O) groups is 8. The first-order valence-corrected chi connectivity index (χ1v) is 32.2. The average molecular weight is 1290 g/mol. The van der Waals surface area contributed by atoms with Crippen molar-refractivity contribution < 1.29 is 115 Å². The van der Waals surface area contributed by atoms with Gasteiger partial charge in [0.25, 0.3) is 0 Å². The van der Waals surface area contributed by atoms with Gasteiger partial charge in [0.1, 0.15) is 42.9 Å². The van der Waals surface area contributed by atoms with Gasteiger partial charge < -0.3 is 81.8 Å². The second-order valence-corrected chi connectivity index (χ2v) is 25.4. The number of phosphoric acid groups is 3. The summed E-state index contributed by atoms with van der Waals surface area (Å²) in [6.45, 7) is -1.18. The molecule has 1 aromatic heterocycles. The standard InChI is InChI=1S/C47H59N8O25P3S2/c48-42-26(22-55(46(67)54-42)39-21-35(56)36(78-39)24-77-82(72,73)80-83(74,75)79-81(69,70)71)9-8-17-49-37(57)15-18-84-85-25-34(53-47(68)76-23-31-29-12-5-3-10-27(29)28-11-4-6-13-30(28)31)43(63)50-16-7-1-2-14-38(58)51-32(19-40(59)60)44(64)52-33(45(65)66)20-41(61)62/h3-6,10-13,22,31-36,39,56H,1-2,7,14-21,23-25H2,(H,49,57)(H,50,63)(H,51,58)(H,52,64)(H,53,68)(H,59,60)(H,61,62)(H,65,66)(H,72,73)(H,74,75)(H2,48,54,67)(H2,69,70,71)/t32?,33?,34?,35?,36-,39-/m1/s1. The van der Waals surface area contributed by atoms with Crippen molar-refractivity contribution in [2.45, 2.75) is 93.8 Å². The molecule has 5 amide bonds. The first-order valence-electron chi connectivity index (χ1n) is 25.2. The highest BCUT2D eigenvalue weighted by Crippen LogP contribution is 2.66. The molecule has 85 heavy (non-hydrogen) atoms. The number of nitrogens with one attached hydrogen (secondary N) is 5. The van der Waals surface area contributed by atoms with Crippen molar-refractivity contribution in [2.75, 3.05) is 43.5 Å². The molecule has 1 aliphatic heterocycles. The van der Waals surface area contributed by atoms with Crippen LogP contribution in [0.15, 0.2) is 59.5 Å². The van der Waals surface area contributed by atoms with Crippen LogP contribution in [0.5, 0.6) is 0 Å². The van der Waals surface area contributed by atoms with Gasteiger partial charge in [-0.15, -0.1) is 0 Å². The van der Waals surface area contributed by atoms with E-state index < -0.39 is 133 Å². The number of rotatable bonds is 33. The van der Waals surface area contributed by atoms with E-state index in [1.165, 1.54) is 21.6 Å². The third-order valence-electron chi connectivity index (χ3n) is 12.0. The molecule has 0 spiro atoms. The number of hydrogen-bond acceptors (Lipinski definition) is 22. The Hall–Kier alpha value is -6.73. The maximum Gasteiger partial charge on any atom is 0.490 e. The molecule has 1 saturated heterocycles. The van der Waals surface area contributed by atoms with Crippen molar-refractivity contribution in [1.82, 2.24) is 36.1 Å². The number of amides is 5. The highest BCUT2D eigenvalue weighted by Gasteiger charge is 2.43. The van der Waals surface area contributed by atoms with E-state index in [1.807, 2.05) is 53.8 Å². The summed E-state index contributed by atoms with van der Waals surface area (Å²) in [5.41, 5.74) is 8.83. The zero-order valence-electron chi connectivity index (χ0n) is 44.3. The number of aliphatic carboxylic acids is 3. The van der Waals surface area contributed by atoms with Crippen molar-refractivity contribution in [3.8, 4) is 23.0 Å². The fourth-order valence-corrected chi connectivity index (χ4v) is 13.3. The Bertz CT molecular complexity index is 3190. The number of alkyl carbamates (subject to hydrolysis) is 1. The Morgan fingerprint density at radius 3 is 2.05 bits per heavy atom. The van der Waals surface area contributed by atoms with Gasteiger partial charge in [0, 0.05) is 49.4 Å². The third kappa shape index (κ3) is 22.9. The van der Waals surface area contributed by atoms with E-state index in [4.69, 9.17) is 30.1 Å². The predicted octanol–water partition coefficient (Wildman–Crippen LogP) is 0.644. The highest BCUT2D eigenvalue weighted by atomic mass is 33.1. The molecule has 464 valence electrons. The number of hydrogen-bond donors (Lipinski definition) is 14. The topological polar surface area (TPSA) is 517 Å². The summed E-state index contributed by atoms with van der Waals surface area (Å²) >= 11 is 0. The van der Waals surface area contributed by atoms with E-state index in [-0.39, 0.29) is 74.2 Å². The molecule has 0 bridgehead atoms. The molecular formula is C47H59N8O25P3S2. The minimum Gasteiger partial charge on any atom is -0.481 e. The second-order valence-electron chi connectivity index (χ2n) is 18.3. The number of phosphoric ester groups is 1. The number of ether oxygens (including phenoxy) is 2. The molecule has 0 radical (unpaired) electrons. The molecule has 2 aliphatic rings. The first-order chi connectivity index (χ1) is 40.0. The van der Waals surface area contributed by atoms with E-state index >= 15 is 0 Å². The molecule has 6 unspecified atom stereocenters. The first kappa shape index (κ1) is 69.0. The number of carbonyl (C=O) groups excluding carboxylic acids is 5. The van der Waals surface area contributed by atoms with E-state index in [0.717, 1.165) is 33.0 Å². The maximum absolute atomic E-state index is 13.5. The molecule has 38 heteroatoms. The number of aromatic nitrogens is 2. The van der Waals surface area contributed by atoms with Crippen LogP contribution in [-0.2, 0) is 69.9 Å². The SMILES string of the molecule is Nc1nc(=O)n([C@H]2CC(O)[C@@H](COP(=O)(O)OP(=O)(O)OP(=O)(O)O)O2)cc1C#CCNC(=O)CCSSCC(NC(=O)OCC1c2ccccc2-c2ccccc21)C(=O)NCCCCCC(=O)NC(CC(=O)O)C(=O)NC(CC(=O)O)C(=O)O. The maximum atomic E-state index is 13.5. The molecule has 8 atom stereocenters. The number of anilines is 1. The van der Waals surface area contributed by atoms with Crippen molar-refractivity contribution >= 4 is 98.5 Å². The largest absolute Gasteiger partial charge is 0.490 e. The number of aliphatic hydroxyl groups is 1. The molecule has 0 saturated carbocycles. The molecular weight excluding hydrogens is 1230 g/mol. The molecule has 3 aromatic rings. The van der Waals surface area contributed by atoms with Gasteiger partial charge in [-0.2, -0.15) is 13.6 Å². The number of aliphatic hydroxyl groups excluding tert-OH is 1. The summed E-state index contributed by atoms with van der Waals surface area (Å²) in [5, 5.41) is 50.0. The Balaban J connectivity index is 1.09. The molecule has 1 fully saturated rings. The van der Waals surface area contributed by atoms with Crippen LogP contribution in [0.3, 0.4) is 0 Å². The number of carboxylic acid groups (broad SMARTS) is 3. The Morgan fingerprint density at radius 1 is 0.765 bits per heavy atom. The molecule has 5 rings (SSSR count). The summed E-state index contributed by atoms with van der Waals surface area (Å²) < 4.78 is 58.5. The van der Waals surface area contributed by atoms with E-state index in [2.05, 4.69) is 51.2 Å². The number of fused-ring (bicyclic) bond motifs is 3.